The number of unbranched alkanes of at least 4 members (excludes halogenated alkanes) is 28. The van der Waals surface area contributed by atoms with Crippen LogP contribution in [0.4, 0.5) is 0 Å². The monoisotopic (exact) mass is 615 g/mol. The van der Waals surface area contributed by atoms with E-state index in [1.165, 1.54) is 205 Å². The molecule has 3 nitrogen and oxygen atoms in total. The van der Waals surface area contributed by atoms with Crippen LogP contribution in [0.2, 0.25) is 0 Å². The molecule has 0 aromatic heterocycles. The third kappa shape index (κ3) is 36.5. The standard InChI is InChI=1S/C38H79O3P/c1-3-5-7-9-11-12-20-23-27-31-35-38(34-30-26-10-8-6-4-2)36-32-28-24-21-18-16-14-13-15-17-19-22-25-29-33-37-41-42(39)40/h38-40H,3-37H2,1-2H3. The summed E-state index contributed by atoms with van der Waals surface area (Å²) in [4.78, 5) is 17.4. The van der Waals surface area contributed by atoms with E-state index in [2.05, 4.69) is 13.8 Å². The average molecular weight is 615 g/mol. The lowest BCUT2D eigenvalue weighted by molar-refractivity contribution is 0.248. The van der Waals surface area contributed by atoms with Gasteiger partial charge < -0.3 is 14.3 Å². The molecule has 1 atom stereocenters. The smallest absolute Gasteiger partial charge is 0.327 e. The number of rotatable bonds is 37. The van der Waals surface area contributed by atoms with Gasteiger partial charge in [0.25, 0.3) is 0 Å². The zero-order valence-corrected chi connectivity index (χ0v) is 30.0. The summed E-state index contributed by atoms with van der Waals surface area (Å²) in [6, 6.07) is 0. The number of hydrogen-bond donors (Lipinski definition) is 2. The molecule has 42 heavy (non-hydrogen) atoms. The Balaban J connectivity index is 3.67. The highest BCUT2D eigenvalue weighted by Crippen LogP contribution is 2.26. The van der Waals surface area contributed by atoms with Gasteiger partial charge in [0.2, 0.25) is 0 Å². The first-order valence-corrected chi connectivity index (χ1v) is 20.7. The highest BCUT2D eigenvalue weighted by Gasteiger charge is 2.09. The normalized spacial score (nSPS) is 12.5. The van der Waals surface area contributed by atoms with Crippen molar-refractivity contribution in [3.63, 3.8) is 0 Å². The van der Waals surface area contributed by atoms with E-state index in [0.717, 1.165) is 18.8 Å². The van der Waals surface area contributed by atoms with Crippen molar-refractivity contribution in [2.45, 2.75) is 232 Å². The second kappa shape index (κ2) is 37.5. The Morgan fingerprint density at radius 1 is 0.357 bits per heavy atom. The van der Waals surface area contributed by atoms with Gasteiger partial charge in [-0.25, -0.2) is 0 Å². The molecule has 2 N–H and O–H groups in total. The molecular formula is C38H79O3P. The Hall–Kier alpha value is 0.310. The van der Waals surface area contributed by atoms with Crippen molar-refractivity contribution < 1.29 is 14.3 Å². The largest absolute Gasteiger partial charge is 0.328 e. The summed E-state index contributed by atoms with van der Waals surface area (Å²) in [5.74, 6) is 1.01. The van der Waals surface area contributed by atoms with E-state index in [-0.39, 0.29) is 0 Å². The van der Waals surface area contributed by atoms with Crippen LogP contribution in [0.15, 0.2) is 0 Å². The van der Waals surface area contributed by atoms with Crippen LogP contribution in [0.5, 0.6) is 0 Å². The first kappa shape index (κ1) is 42.3. The van der Waals surface area contributed by atoms with Gasteiger partial charge in [-0.15, -0.1) is 0 Å². The van der Waals surface area contributed by atoms with E-state index in [4.69, 9.17) is 14.3 Å². The third-order valence-corrected chi connectivity index (χ3v) is 9.81. The topological polar surface area (TPSA) is 49.7 Å². The third-order valence-electron chi connectivity index (χ3n) is 9.40. The molecular weight excluding hydrogens is 535 g/mol. The second-order valence-electron chi connectivity index (χ2n) is 13.6. The van der Waals surface area contributed by atoms with Crippen molar-refractivity contribution in [3.8, 4) is 0 Å². The average Bonchev–Trinajstić information content (AvgIpc) is 2.98. The van der Waals surface area contributed by atoms with Crippen LogP contribution < -0.4 is 0 Å². The van der Waals surface area contributed by atoms with Crippen LogP contribution in [0.3, 0.4) is 0 Å². The minimum Gasteiger partial charge on any atom is -0.328 e. The summed E-state index contributed by atoms with van der Waals surface area (Å²) in [6.07, 6.45) is 48.2. The van der Waals surface area contributed by atoms with Crippen molar-refractivity contribution >= 4 is 8.60 Å². The van der Waals surface area contributed by atoms with Gasteiger partial charge in [0, 0.05) is 0 Å². The molecule has 0 saturated carbocycles. The summed E-state index contributed by atoms with van der Waals surface area (Å²) in [6.45, 7) is 5.12. The fourth-order valence-corrected chi connectivity index (χ4v) is 6.84. The number of hydrogen-bond acceptors (Lipinski definition) is 3. The van der Waals surface area contributed by atoms with Gasteiger partial charge in [0.1, 0.15) is 0 Å². The quantitative estimate of drug-likeness (QED) is 0.0540. The minimum atomic E-state index is -2.16. The molecule has 0 aliphatic heterocycles. The molecule has 0 aromatic rings. The van der Waals surface area contributed by atoms with Gasteiger partial charge in [-0.3, -0.25) is 0 Å². The Labute approximate surface area is 267 Å². The SMILES string of the molecule is CCCCCCCCCCCCC(CCCCCCCC)CCCCCCCCCCCCCCCCCOP(O)O. The molecule has 1 unspecified atom stereocenters. The predicted octanol–water partition coefficient (Wildman–Crippen LogP) is 14.1. The Bertz CT molecular complexity index is 473. The van der Waals surface area contributed by atoms with Crippen molar-refractivity contribution in [2.75, 3.05) is 6.61 Å². The summed E-state index contributed by atoms with van der Waals surface area (Å²) >= 11 is 0. The molecule has 0 heterocycles. The van der Waals surface area contributed by atoms with E-state index in [0.29, 0.717) is 6.61 Å². The molecule has 0 rings (SSSR count). The van der Waals surface area contributed by atoms with Crippen LogP contribution in [0, 0.1) is 5.92 Å². The minimum absolute atomic E-state index is 0.484. The highest BCUT2D eigenvalue weighted by atomic mass is 31.2. The maximum atomic E-state index is 8.71. The van der Waals surface area contributed by atoms with Gasteiger partial charge in [-0.05, 0) is 12.3 Å². The van der Waals surface area contributed by atoms with Crippen LogP contribution in [0.25, 0.3) is 0 Å². The van der Waals surface area contributed by atoms with E-state index >= 15 is 0 Å². The molecule has 0 saturated heterocycles. The van der Waals surface area contributed by atoms with Gasteiger partial charge >= 0.3 is 8.60 Å². The van der Waals surface area contributed by atoms with Crippen LogP contribution in [-0.2, 0) is 4.52 Å². The van der Waals surface area contributed by atoms with Crippen molar-refractivity contribution in [1.29, 1.82) is 0 Å². The van der Waals surface area contributed by atoms with Gasteiger partial charge in [0.15, 0.2) is 0 Å². The van der Waals surface area contributed by atoms with Gasteiger partial charge in [-0.2, -0.15) is 0 Å². The van der Waals surface area contributed by atoms with Gasteiger partial charge in [0.05, 0.1) is 6.61 Å². The molecule has 0 bridgehead atoms. The van der Waals surface area contributed by atoms with Crippen LogP contribution in [-0.4, -0.2) is 16.4 Å². The molecule has 0 aromatic carbocycles. The van der Waals surface area contributed by atoms with Crippen LogP contribution in [0.1, 0.15) is 232 Å². The molecule has 0 radical (unpaired) electrons. The maximum absolute atomic E-state index is 8.71. The van der Waals surface area contributed by atoms with E-state index in [1.807, 2.05) is 0 Å². The predicted molar refractivity (Wildman–Crippen MR) is 189 cm³/mol. The Kier molecular flexibility index (Phi) is 37.8. The van der Waals surface area contributed by atoms with Crippen molar-refractivity contribution in [3.05, 3.63) is 0 Å². The van der Waals surface area contributed by atoms with Gasteiger partial charge in [-0.1, -0.05) is 226 Å². The van der Waals surface area contributed by atoms with Crippen LogP contribution >= 0.6 is 8.60 Å². The summed E-state index contributed by atoms with van der Waals surface area (Å²) in [5, 5.41) is 0. The molecule has 0 aliphatic rings. The Morgan fingerprint density at radius 2 is 0.595 bits per heavy atom. The molecule has 4 heteroatoms. The fourth-order valence-electron chi connectivity index (χ4n) is 6.55. The van der Waals surface area contributed by atoms with Crippen molar-refractivity contribution in [2.24, 2.45) is 5.92 Å². The maximum Gasteiger partial charge on any atom is 0.327 e. The lowest BCUT2D eigenvalue weighted by atomic mass is 9.89. The zero-order chi connectivity index (χ0) is 30.6. The van der Waals surface area contributed by atoms with E-state index in [9.17, 15) is 0 Å². The molecule has 254 valence electrons. The molecule has 0 fully saturated rings. The fraction of sp³-hybridized carbons (Fsp3) is 1.00. The summed E-state index contributed by atoms with van der Waals surface area (Å²) < 4.78 is 4.81. The highest BCUT2D eigenvalue weighted by molar-refractivity contribution is 7.39. The lowest BCUT2D eigenvalue weighted by Crippen LogP contribution is -2.01. The summed E-state index contributed by atoms with van der Waals surface area (Å²) in [7, 11) is -2.16. The summed E-state index contributed by atoms with van der Waals surface area (Å²) in [5.41, 5.74) is 0. The first-order valence-electron chi connectivity index (χ1n) is 19.5. The van der Waals surface area contributed by atoms with Crippen molar-refractivity contribution in [1.82, 2.24) is 0 Å². The first-order chi connectivity index (χ1) is 20.7. The molecule has 0 aliphatic carbocycles. The molecule has 0 amide bonds. The Morgan fingerprint density at radius 3 is 0.857 bits per heavy atom. The lowest BCUT2D eigenvalue weighted by Gasteiger charge is -2.17. The van der Waals surface area contributed by atoms with E-state index in [1.54, 1.807) is 0 Å². The molecule has 0 spiro atoms. The zero-order valence-electron chi connectivity index (χ0n) is 29.1. The second-order valence-corrected chi connectivity index (χ2v) is 14.3. The van der Waals surface area contributed by atoms with E-state index < -0.39 is 8.60 Å².